The van der Waals surface area contributed by atoms with Crippen LogP contribution >= 0.6 is 0 Å². The molecule has 0 saturated carbocycles. The van der Waals surface area contributed by atoms with Crippen LogP contribution in [0.2, 0.25) is 19.6 Å². The summed E-state index contributed by atoms with van der Waals surface area (Å²) in [6, 6.07) is 59.2. The van der Waals surface area contributed by atoms with Crippen LogP contribution in [0.25, 0.3) is 60.2 Å². The summed E-state index contributed by atoms with van der Waals surface area (Å²) in [5.74, 6) is 0. The van der Waals surface area contributed by atoms with Gasteiger partial charge in [-0.25, -0.2) is 0 Å². The van der Waals surface area contributed by atoms with Crippen LogP contribution in [-0.2, 0) is 5.41 Å². The van der Waals surface area contributed by atoms with E-state index in [0.717, 1.165) is 0 Å². The Hall–Kier alpha value is -5.90. The van der Waals surface area contributed by atoms with Crippen molar-refractivity contribution in [3.8, 4) is 16.8 Å². The zero-order chi connectivity index (χ0) is 36.9. The first-order chi connectivity index (χ1) is 26.1. The summed E-state index contributed by atoms with van der Waals surface area (Å²) in [4.78, 5) is 2.53. The molecule has 2 nitrogen and oxygen atoms in total. The summed E-state index contributed by atoms with van der Waals surface area (Å²) in [7, 11) is -1.61. The molecule has 0 aliphatic heterocycles. The van der Waals surface area contributed by atoms with Crippen molar-refractivity contribution in [3.63, 3.8) is 0 Å². The molecule has 1 heterocycles. The summed E-state index contributed by atoms with van der Waals surface area (Å²) >= 11 is 0. The summed E-state index contributed by atoms with van der Waals surface area (Å²) in [5.41, 5.74) is 13.7. The molecule has 8 aromatic carbocycles. The molecule has 0 unspecified atom stereocenters. The van der Waals surface area contributed by atoms with Crippen LogP contribution in [0.1, 0.15) is 30.5 Å². The molecule has 1 aliphatic rings. The number of fused-ring (bicyclic) bond motifs is 9. The Labute approximate surface area is 318 Å². The molecule has 0 bridgehead atoms. The first kappa shape index (κ1) is 32.7. The number of hydrogen-bond acceptors (Lipinski definition) is 1. The molecule has 9 aromatic rings. The number of hydrogen-bond donors (Lipinski definition) is 0. The van der Waals surface area contributed by atoms with E-state index in [0.29, 0.717) is 0 Å². The van der Waals surface area contributed by atoms with E-state index in [-0.39, 0.29) is 5.41 Å². The second-order valence-corrected chi connectivity index (χ2v) is 21.7. The van der Waals surface area contributed by atoms with Crippen molar-refractivity contribution in [2.45, 2.75) is 45.8 Å². The van der Waals surface area contributed by atoms with Crippen molar-refractivity contribution in [1.29, 1.82) is 0 Å². The largest absolute Gasteiger partial charge is 0.309 e. The number of rotatable bonds is 5. The highest BCUT2D eigenvalue weighted by Gasteiger charge is 2.38. The average molecular weight is 713 g/mol. The molecule has 0 saturated heterocycles. The second kappa shape index (κ2) is 11.8. The summed E-state index contributed by atoms with van der Waals surface area (Å²) in [6.07, 6.45) is 0. The molecule has 0 atom stereocenters. The van der Waals surface area contributed by atoms with Gasteiger partial charge in [0, 0.05) is 38.3 Å². The van der Waals surface area contributed by atoms with E-state index >= 15 is 0 Å². The molecule has 10 rings (SSSR count). The minimum absolute atomic E-state index is 0.235. The minimum atomic E-state index is -1.61. The Kier molecular flexibility index (Phi) is 7.15. The van der Waals surface area contributed by atoms with Gasteiger partial charge in [-0.3, -0.25) is 0 Å². The number of aromatic nitrogens is 1. The lowest BCUT2D eigenvalue weighted by Gasteiger charge is -2.31. The van der Waals surface area contributed by atoms with Gasteiger partial charge < -0.3 is 9.47 Å². The molecule has 262 valence electrons. The van der Waals surface area contributed by atoms with Gasteiger partial charge in [0.05, 0.1) is 30.5 Å². The molecule has 54 heavy (non-hydrogen) atoms. The van der Waals surface area contributed by atoms with Gasteiger partial charge >= 0.3 is 0 Å². The molecule has 0 fully saturated rings. The van der Waals surface area contributed by atoms with Crippen LogP contribution in [0.3, 0.4) is 0 Å². The van der Waals surface area contributed by atoms with Crippen molar-refractivity contribution in [2.75, 3.05) is 4.90 Å². The van der Waals surface area contributed by atoms with Gasteiger partial charge in [-0.05, 0) is 88.5 Å². The molecular formula is C51H44N2Si. The molecule has 1 aliphatic carbocycles. The zero-order valence-electron chi connectivity index (χ0n) is 31.9. The van der Waals surface area contributed by atoms with Crippen molar-refractivity contribution >= 4 is 73.7 Å². The van der Waals surface area contributed by atoms with E-state index < -0.39 is 8.07 Å². The monoisotopic (exact) mass is 712 g/mol. The summed E-state index contributed by atoms with van der Waals surface area (Å²) < 4.78 is 2.45. The Balaban J connectivity index is 1.23. The fourth-order valence-electron chi connectivity index (χ4n) is 9.31. The Morgan fingerprint density at radius 3 is 1.69 bits per heavy atom. The van der Waals surface area contributed by atoms with Crippen molar-refractivity contribution < 1.29 is 0 Å². The van der Waals surface area contributed by atoms with Crippen LogP contribution in [0.15, 0.2) is 158 Å². The van der Waals surface area contributed by atoms with Gasteiger partial charge in [-0.2, -0.15) is 0 Å². The van der Waals surface area contributed by atoms with Gasteiger partial charge in [0.2, 0.25) is 0 Å². The maximum atomic E-state index is 2.53. The number of aryl methyl sites for hydroxylation is 1. The number of benzene rings is 8. The predicted octanol–water partition coefficient (Wildman–Crippen LogP) is 13.7. The highest BCUT2D eigenvalue weighted by atomic mass is 28.3. The Morgan fingerprint density at radius 2 is 1.06 bits per heavy atom. The molecule has 0 N–H and O–H groups in total. The predicted molar refractivity (Wildman–Crippen MR) is 236 cm³/mol. The van der Waals surface area contributed by atoms with E-state index in [9.17, 15) is 0 Å². The van der Waals surface area contributed by atoms with Gasteiger partial charge in [0.1, 0.15) is 0 Å². The van der Waals surface area contributed by atoms with Gasteiger partial charge in [-0.15, -0.1) is 0 Å². The number of nitrogens with zero attached hydrogens (tertiary/aromatic N) is 2. The quantitative estimate of drug-likeness (QED) is 0.161. The van der Waals surface area contributed by atoms with Crippen molar-refractivity contribution in [1.82, 2.24) is 4.57 Å². The number of para-hydroxylation sites is 2. The highest BCUT2D eigenvalue weighted by molar-refractivity contribution is 6.90. The SMILES string of the molecule is Cc1ccc(N(c2ccc([Si](C)(C)C)c3ccccc23)c2cc3c(c4ccccc24)-c2ccc(-n4c5ccccc5c5ccccc54)cc2C3(C)C)cc1. The fourth-order valence-corrected chi connectivity index (χ4v) is 10.9. The summed E-state index contributed by atoms with van der Waals surface area (Å²) in [6.45, 7) is 14.4. The lowest BCUT2D eigenvalue weighted by molar-refractivity contribution is 0.660. The van der Waals surface area contributed by atoms with E-state index in [2.05, 4.69) is 208 Å². The Morgan fingerprint density at radius 1 is 0.500 bits per heavy atom. The topological polar surface area (TPSA) is 8.17 Å². The van der Waals surface area contributed by atoms with Crippen LogP contribution in [0.4, 0.5) is 17.1 Å². The van der Waals surface area contributed by atoms with Crippen LogP contribution < -0.4 is 10.1 Å². The average Bonchev–Trinajstić information content (AvgIpc) is 3.63. The Bertz CT molecular complexity index is 2910. The van der Waals surface area contributed by atoms with Crippen molar-refractivity contribution in [3.05, 3.63) is 174 Å². The second-order valence-electron chi connectivity index (χ2n) is 16.7. The van der Waals surface area contributed by atoms with Gasteiger partial charge in [0.15, 0.2) is 0 Å². The zero-order valence-corrected chi connectivity index (χ0v) is 32.9. The third-order valence-electron chi connectivity index (χ3n) is 12.0. The smallest absolute Gasteiger partial charge is 0.0784 e. The van der Waals surface area contributed by atoms with Crippen LogP contribution in [0.5, 0.6) is 0 Å². The first-order valence-corrected chi connectivity index (χ1v) is 22.7. The lowest BCUT2D eigenvalue weighted by atomic mass is 9.81. The maximum absolute atomic E-state index is 2.53. The highest BCUT2D eigenvalue weighted by Crippen LogP contribution is 2.55. The molecule has 0 spiro atoms. The molecular weight excluding hydrogens is 669 g/mol. The van der Waals surface area contributed by atoms with Crippen LogP contribution in [-0.4, -0.2) is 12.6 Å². The summed E-state index contributed by atoms with van der Waals surface area (Å²) in [5, 5.41) is 9.27. The van der Waals surface area contributed by atoms with E-state index in [1.807, 2.05) is 0 Å². The third-order valence-corrected chi connectivity index (χ3v) is 14.0. The number of anilines is 3. The van der Waals surface area contributed by atoms with Gasteiger partial charge in [-0.1, -0.05) is 153 Å². The normalized spacial score (nSPS) is 13.5. The molecule has 1 aromatic heterocycles. The van der Waals surface area contributed by atoms with E-state index in [1.54, 1.807) is 0 Å². The lowest BCUT2D eigenvalue weighted by Crippen LogP contribution is -2.38. The standard InChI is InChI=1S/C51H44N2Si/c1-33-23-25-34(26-24-33)52(47-29-30-49(54(4,5)6)40-19-9-7-17-38(40)47)48-32-44-50(41-20-10-8-18-39(41)48)42-28-27-35(31-43(42)51(44,2)3)53-45-21-13-11-15-36(45)37-16-12-14-22-46(37)53/h7-32H,1-6H3. The molecule has 0 amide bonds. The maximum Gasteiger partial charge on any atom is 0.0784 e. The van der Waals surface area contributed by atoms with Gasteiger partial charge in [0.25, 0.3) is 0 Å². The van der Waals surface area contributed by atoms with Crippen LogP contribution in [0, 0.1) is 6.92 Å². The van der Waals surface area contributed by atoms with E-state index in [4.69, 9.17) is 0 Å². The molecule has 0 radical (unpaired) electrons. The first-order valence-electron chi connectivity index (χ1n) is 19.2. The van der Waals surface area contributed by atoms with Crippen molar-refractivity contribution in [2.24, 2.45) is 0 Å². The molecule has 3 heteroatoms. The minimum Gasteiger partial charge on any atom is -0.309 e. The fraction of sp³-hybridized carbons (Fsp3) is 0.137. The van der Waals surface area contributed by atoms with E-state index in [1.165, 1.54) is 99.1 Å². The third kappa shape index (κ3) is 4.78.